The summed E-state index contributed by atoms with van der Waals surface area (Å²) in [6.45, 7) is 13.3. The first-order chi connectivity index (χ1) is 17.6. The minimum absolute atomic E-state index is 0.836. The molecule has 0 saturated heterocycles. The summed E-state index contributed by atoms with van der Waals surface area (Å²) in [5.41, 5.74) is 6.68. The molecule has 3 aromatic carbocycles. The monoisotopic (exact) mass is 485 g/mol. The zero-order valence-electron chi connectivity index (χ0n) is 22.8. The number of aliphatic imine (C=N–C) groups is 1. The number of hydrogen-bond donors (Lipinski definition) is 0. The lowest BCUT2D eigenvalue weighted by atomic mass is 10.0. The van der Waals surface area contributed by atoms with Gasteiger partial charge in [-0.3, -0.25) is 0 Å². The van der Waals surface area contributed by atoms with Crippen LogP contribution in [0.1, 0.15) is 64.5 Å². The van der Waals surface area contributed by atoms with Gasteiger partial charge < -0.3 is 14.5 Å². The highest BCUT2D eigenvalue weighted by molar-refractivity contribution is 6.14. The molecule has 0 saturated carbocycles. The summed E-state index contributed by atoms with van der Waals surface area (Å²) in [5, 5.41) is 0. The molecule has 36 heavy (non-hydrogen) atoms. The van der Waals surface area contributed by atoms with Crippen LogP contribution in [0.2, 0.25) is 0 Å². The van der Waals surface area contributed by atoms with Gasteiger partial charge in [0.2, 0.25) is 0 Å². The molecule has 0 aliphatic rings. The maximum Gasteiger partial charge on any atom is 0.119 e. The molecule has 0 N–H and O–H groups in total. The first-order valence-corrected chi connectivity index (χ1v) is 13.6. The summed E-state index contributed by atoms with van der Waals surface area (Å²) < 4.78 is 5.34. The van der Waals surface area contributed by atoms with E-state index in [0.717, 1.165) is 80.1 Å². The zero-order valence-corrected chi connectivity index (χ0v) is 22.8. The van der Waals surface area contributed by atoms with E-state index in [2.05, 4.69) is 86.0 Å². The highest BCUT2D eigenvalue weighted by Gasteiger charge is 2.12. The van der Waals surface area contributed by atoms with Gasteiger partial charge in [0.15, 0.2) is 0 Å². The summed E-state index contributed by atoms with van der Waals surface area (Å²) in [6.07, 6.45) is 4.58. The minimum atomic E-state index is 0.836. The Morgan fingerprint density at radius 1 is 0.583 bits per heavy atom. The summed E-state index contributed by atoms with van der Waals surface area (Å²) in [5.74, 6) is 0.836. The number of anilines is 2. The molecule has 3 rings (SSSR count). The molecule has 0 bridgehead atoms. The Kier molecular flexibility index (Phi) is 10.9. The van der Waals surface area contributed by atoms with Crippen LogP contribution in [0.3, 0.4) is 0 Å². The quantitative estimate of drug-likeness (QED) is 0.216. The Labute approximate surface area is 218 Å². The van der Waals surface area contributed by atoms with E-state index in [4.69, 9.17) is 9.73 Å². The molecule has 0 unspecified atom stereocenters. The van der Waals surface area contributed by atoms with Crippen molar-refractivity contribution in [1.82, 2.24) is 0 Å². The molecule has 0 fully saturated rings. The lowest BCUT2D eigenvalue weighted by molar-refractivity contribution is 0.415. The molecular weight excluding hydrogens is 442 g/mol. The maximum atomic E-state index is 5.34. The number of ether oxygens (including phenoxy) is 1. The summed E-state index contributed by atoms with van der Waals surface area (Å²) >= 11 is 0. The molecule has 0 aliphatic carbocycles. The highest BCUT2D eigenvalue weighted by Crippen LogP contribution is 2.25. The van der Waals surface area contributed by atoms with Crippen LogP contribution in [0.4, 0.5) is 17.1 Å². The first kappa shape index (κ1) is 27.3. The van der Waals surface area contributed by atoms with Crippen molar-refractivity contribution >= 4 is 22.8 Å². The van der Waals surface area contributed by atoms with E-state index in [9.17, 15) is 0 Å². The van der Waals surface area contributed by atoms with Crippen LogP contribution >= 0.6 is 0 Å². The van der Waals surface area contributed by atoms with Crippen molar-refractivity contribution in [2.75, 3.05) is 43.1 Å². The molecule has 192 valence electrons. The topological polar surface area (TPSA) is 28.1 Å². The van der Waals surface area contributed by atoms with Crippen molar-refractivity contribution in [3.05, 3.63) is 83.9 Å². The van der Waals surface area contributed by atoms with Gasteiger partial charge in [0.25, 0.3) is 0 Å². The van der Waals surface area contributed by atoms with Crippen molar-refractivity contribution in [3.8, 4) is 5.75 Å². The summed E-state index contributed by atoms with van der Waals surface area (Å²) in [6, 6.07) is 25.7. The standard InChI is InChI=1S/C32H43N3O/c1-6-22-34(23-7-2)29-16-10-26(11-17-29)32(33-28-14-20-31(36-5)21-15-28)27-12-18-30(19-13-27)35(24-8-3)25-9-4/h10-21H,6-9,22-25H2,1-5H3. The van der Waals surface area contributed by atoms with Gasteiger partial charge in [-0.1, -0.05) is 52.0 Å². The average Bonchev–Trinajstić information content (AvgIpc) is 2.92. The number of benzene rings is 3. The molecule has 0 spiro atoms. The van der Waals surface area contributed by atoms with E-state index in [1.54, 1.807) is 7.11 Å². The third-order valence-electron chi connectivity index (χ3n) is 6.30. The van der Waals surface area contributed by atoms with Gasteiger partial charge in [-0.05, 0) is 74.2 Å². The second-order valence-corrected chi connectivity index (χ2v) is 9.23. The lowest BCUT2D eigenvalue weighted by Gasteiger charge is -2.24. The molecule has 0 atom stereocenters. The second-order valence-electron chi connectivity index (χ2n) is 9.23. The van der Waals surface area contributed by atoms with Gasteiger partial charge in [-0.15, -0.1) is 0 Å². The fraction of sp³-hybridized carbons (Fsp3) is 0.406. The van der Waals surface area contributed by atoms with Gasteiger partial charge in [-0.25, -0.2) is 4.99 Å². The van der Waals surface area contributed by atoms with Crippen LogP contribution < -0.4 is 14.5 Å². The smallest absolute Gasteiger partial charge is 0.119 e. The van der Waals surface area contributed by atoms with Crippen LogP contribution in [0.5, 0.6) is 5.75 Å². The maximum absolute atomic E-state index is 5.34. The second kappa shape index (κ2) is 14.3. The zero-order chi connectivity index (χ0) is 25.8. The Bertz CT molecular complexity index is 983. The molecule has 0 aliphatic heterocycles. The largest absolute Gasteiger partial charge is 0.497 e. The predicted octanol–water partition coefficient (Wildman–Crippen LogP) is 8.12. The van der Waals surface area contributed by atoms with E-state index >= 15 is 0 Å². The average molecular weight is 486 g/mol. The summed E-state index contributed by atoms with van der Waals surface area (Å²) in [7, 11) is 1.69. The number of rotatable bonds is 14. The van der Waals surface area contributed by atoms with E-state index in [0.29, 0.717) is 0 Å². The molecule has 4 heteroatoms. The molecule has 0 aromatic heterocycles. The molecule has 3 aromatic rings. The van der Waals surface area contributed by atoms with E-state index < -0.39 is 0 Å². The number of methoxy groups -OCH3 is 1. The Balaban J connectivity index is 1.99. The predicted molar refractivity (Wildman–Crippen MR) is 157 cm³/mol. The first-order valence-electron chi connectivity index (χ1n) is 13.6. The Morgan fingerprint density at radius 2 is 0.972 bits per heavy atom. The van der Waals surface area contributed by atoms with Crippen LogP contribution in [0.15, 0.2) is 77.8 Å². The van der Waals surface area contributed by atoms with Crippen LogP contribution in [0.25, 0.3) is 0 Å². The fourth-order valence-electron chi connectivity index (χ4n) is 4.56. The van der Waals surface area contributed by atoms with Crippen LogP contribution in [-0.2, 0) is 0 Å². The number of nitrogens with zero attached hydrogens (tertiary/aromatic N) is 3. The molecule has 0 heterocycles. The Hall–Kier alpha value is -3.27. The van der Waals surface area contributed by atoms with Crippen molar-refractivity contribution in [1.29, 1.82) is 0 Å². The van der Waals surface area contributed by atoms with Crippen LogP contribution in [-0.4, -0.2) is 39.0 Å². The van der Waals surface area contributed by atoms with Gasteiger partial charge in [0, 0.05) is 48.7 Å². The van der Waals surface area contributed by atoms with Crippen molar-refractivity contribution in [3.63, 3.8) is 0 Å². The van der Waals surface area contributed by atoms with Crippen molar-refractivity contribution in [2.24, 2.45) is 4.99 Å². The molecular formula is C32H43N3O. The third-order valence-corrected chi connectivity index (χ3v) is 6.30. The van der Waals surface area contributed by atoms with Crippen molar-refractivity contribution < 1.29 is 4.74 Å². The molecule has 0 amide bonds. The number of hydrogen-bond acceptors (Lipinski definition) is 4. The van der Waals surface area contributed by atoms with Gasteiger partial charge in [0.1, 0.15) is 5.75 Å². The Morgan fingerprint density at radius 3 is 1.31 bits per heavy atom. The normalized spacial score (nSPS) is 10.7. The molecule has 4 nitrogen and oxygen atoms in total. The SMILES string of the molecule is CCCN(CCC)c1ccc(C(=Nc2ccc(OC)cc2)c2ccc(N(CCC)CCC)cc2)cc1. The fourth-order valence-corrected chi connectivity index (χ4v) is 4.56. The van der Waals surface area contributed by atoms with Crippen LogP contribution in [0, 0.1) is 0 Å². The summed E-state index contributed by atoms with van der Waals surface area (Å²) in [4.78, 5) is 10.0. The van der Waals surface area contributed by atoms with Crippen molar-refractivity contribution in [2.45, 2.75) is 53.4 Å². The van der Waals surface area contributed by atoms with Gasteiger partial charge in [0.05, 0.1) is 18.5 Å². The van der Waals surface area contributed by atoms with E-state index in [1.165, 1.54) is 11.4 Å². The highest BCUT2D eigenvalue weighted by atomic mass is 16.5. The lowest BCUT2D eigenvalue weighted by Crippen LogP contribution is -2.25. The van der Waals surface area contributed by atoms with E-state index in [-0.39, 0.29) is 0 Å². The minimum Gasteiger partial charge on any atom is -0.497 e. The van der Waals surface area contributed by atoms with Gasteiger partial charge >= 0.3 is 0 Å². The third kappa shape index (κ3) is 7.36. The van der Waals surface area contributed by atoms with E-state index in [1.807, 2.05) is 24.3 Å². The molecule has 0 radical (unpaired) electrons. The van der Waals surface area contributed by atoms with Gasteiger partial charge in [-0.2, -0.15) is 0 Å².